The van der Waals surface area contributed by atoms with Crippen molar-refractivity contribution in [2.24, 2.45) is 5.92 Å². The molecule has 9 heteroatoms. The first-order valence-corrected chi connectivity index (χ1v) is 14.5. The largest absolute Gasteiger partial charge is 0.449 e. The van der Waals surface area contributed by atoms with E-state index >= 15 is 0 Å². The molecule has 0 N–H and O–H groups in total. The Morgan fingerprint density at radius 3 is 2.68 bits per heavy atom. The molecule has 0 bridgehead atoms. The van der Waals surface area contributed by atoms with E-state index in [0.29, 0.717) is 30.8 Å². The molecule has 0 radical (unpaired) electrons. The minimum absolute atomic E-state index is 0.166. The average Bonchev–Trinajstić information content (AvgIpc) is 3.38. The molecule has 0 aromatic heterocycles. The Kier molecular flexibility index (Phi) is 6.29. The molecule has 188 valence electrons. The maximum absolute atomic E-state index is 14.2. The lowest BCUT2D eigenvalue weighted by Gasteiger charge is -2.42. The summed E-state index contributed by atoms with van der Waals surface area (Å²) in [4.78, 5) is 17.1. The molecule has 3 atom stereocenters. The molecular weight excluding hydrogens is 457 g/mol. The van der Waals surface area contributed by atoms with Crippen LogP contribution in [0.15, 0.2) is 18.2 Å². The lowest BCUT2D eigenvalue weighted by molar-refractivity contribution is 0.0604. The molecule has 1 aromatic carbocycles. The summed E-state index contributed by atoms with van der Waals surface area (Å²) in [6, 6.07) is 5.18. The monoisotopic (exact) mass is 493 g/mol. The summed E-state index contributed by atoms with van der Waals surface area (Å²) in [7, 11) is -3.42. The molecule has 2 saturated heterocycles. The van der Waals surface area contributed by atoms with Crippen molar-refractivity contribution in [3.05, 3.63) is 29.6 Å². The summed E-state index contributed by atoms with van der Waals surface area (Å²) in [6.45, 7) is 5.37. The Morgan fingerprint density at radius 1 is 1.21 bits per heavy atom. The Morgan fingerprint density at radius 2 is 1.97 bits per heavy atom. The van der Waals surface area contributed by atoms with E-state index < -0.39 is 10.0 Å². The van der Waals surface area contributed by atoms with Crippen molar-refractivity contribution in [1.29, 1.82) is 0 Å². The quantitative estimate of drug-likeness (QED) is 0.639. The first kappa shape index (κ1) is 23.9. The molecule has 1 amide bonds. The Labute approximate surface area is 202 Å². The number of anilines is 1. The highest BCUT2D eigenvalue weighted by Gasteiger charge is 2.50. The van der Waals surface area contributed by atoms with Crippen LogP contribution in [0.25, 0.3) is 0 Å². The molecule has 3 fully saturated rings. The second kappa shape index (κ2) is 8.97. The summed E-state index contributed by atoms with van der Waals surface area (Å²) in [5, 5.41) is 0. The zero-order valence-electron chi connectivity index (χ0n) is 20.2. The average molecular weight is 494 g/mol. The third-order valence-electron chi connectivity index (χ3n) is 8.59. The summed E-state index contributed by atoms with van der Waals surface area (Å²) >= 11 is 0. The number of carbonyl (C=O) groups is 1. The van der Waals surface area contributed by atoms with Crippen molar-refractivity contribution < 1.29 is 22.3 Å². The lowest BCUT2D eigenvalue weighted by atomic mass is 9.74. The van der Waals surface area contributed by atoms with Crippen molar-refractivity contribution in [3.63, 3.8) is 0 Å². The van der Waals surface area contributed by atoms with E-state index in [4.69, 9.17) is 4.74 Å². The van der Waals surface area contributed by atoms with Gasteiger partial charge in [0.15, 0.2) is 0 Å². The first-order chi connectivity index (χ1) is 16.2. The van der Waals surface area contributed by atoms with Gasteiger partial charge in [-0.1, -0.05) is 6.92 Å². The smallest absolute Gasteiger partial charge is 0.410 e. The fraction of sp³-hybridized carbons (Fsp3) is 0.720. The second-order valence-corrected chi connectivity index (χ2v) is 12.6. The maximum Gasteiger partial charge on any atom is 0.410 e. The number of rotatable bonds is 4. The van der Waals surface area contributed by atoms with E-state index in [2.05, 4.69) is 4.90 Å². The number of amides is 1. The highest BCUT2D eigenvalue weighted by atomic mass is 32.2. The number of fused-ring (bicyclic) bond motifs is 3. The summed E-state index contributed by atoms with van der Waals surface area (Å²) in [5.74, 6) is 0.205. The van der Waals surface area contributed by atoms with Gasteiger partial charge in [-0.15, -0.1) is 0 Å². The molecular formula is C25H36FN3O4S. The van der Waals surface area contributed by atoms with Gasteiger partial charge in [0.1, 0.15) is 5.82 Å². The van der Waals surface area contributed by atoms with Gasteiger partial charge in [-0.25, -0.2) is 17.6 Å². The Bertz CT molecular complexity index is 1040. The normalized spacial score (nSPS) is 28.7. The molecule has 3 unspecified atom stereocenters. The summed E-state index contributed by atoms with van der Waals surface area (Å²) in [6.07, 6.45) is 7.76. The number of hydrogen-bond donors (Lipinski definition) is 0. The molecule has 3 heterocycles. The number of hydrogen-bond acceptors (Lipinski definition) is 5. The summed E-state index contributed by atoms with van der Waals surface area (Å²) < 4.78 is 46.0. The standard InChI is InChI=1S/C25H36FN3O4S/c1-3-13-33-24(30)28-10-4-5-18-14-20(16-23(18)28)27-11-8-25(9-12-27)17-29(34(2,31)32)22-7-6-19(26)15-21(22)25/h6-7,15,18,20,23H,3-5,8-14,16-17H2,1-2H3. The predicted octanol–water partition coefficient (Wildman–Crippen LogP) is 3.73. The van der Waals surface area contributed by atoms with Crippen LogP contribution in [0.5, 0.6) is 0 Å². The van der Waals surface area contributed by atoms with Crippen molar-refractivity contribution in [3.8, 4) is 0 Å². The molecule has 3 aliphatic heterocycles. The van der Waals surface area contributed by atoms with Gasteiger partial charge < -0.3 is 14.5 Å². The highest BCUT2D eigenvalue weighted by Crippen LogP contribution is 2.49. The van der Waals surface area contributed by atoms with Gasteiger partial charge >= 0.3 is 6.09 Å². The molecule has 1 spiro atoms. The molecule has 1 aromatic rings. The highest BCUT2D eigenvalue weighted by molar-refractivity contribution is 7.92. The molecule has 34 heavy (non-hydrogen) atoms. The predicted molar refractivity (Wildman–Crippen MR) is 129 cm³/mol. The number of nitrogens with zero attached hydrogens (tertiary/aromatic N) is 3. The van der Waals surface area contributed by atoms with Crippen LogP contribution in [0.1, 0.15) is 57.4 Å². The SMILES string of the molecule is CCCOC(=O)N1CCCC2CC(N3CCC4(CC3)CN(S(C)(=O)=O)c3ccc(F)cc34)CC21. The lowest BCUT2D eigenvalue weighted by Crippen LogP contribution is -2.49. The Hall–Kier alpha value is -1.87. The van der Waals surface area contributed by atoms with Crippen LogP contribution in [0, 0.1) is 11.7 Å². The third-order valence-corrected chi connectivity index (χ3v) is 9.71. The van der Waals surface area contributed by atoms with E-state index in [1.807, 2.05) is 11.8 Å². The second-order valence-electron chi connectivity index (χ2n) is 10.7. The van der Waals surface area contributed by atoms with Crippen molar-refractivity contribution in [1.82, 2.24) is 9.80 Å². The molecule has 5 rings (SSSR count). The van der Waals surface area contributed by atoms with Crippen LogP contribution in [0.2, 0.25) is 0 Å². The van der Waals surface area contributed by atoms with Crippen LogP contribution in [0.3, 0.4) is 0 Å². The first-order valence-electron chi connectivity index (χ1n) is 12.7. The Balaban J connectivity index is 1.28. The third kappa shape index (κ3) is 4.19. The molecule has 4 aliphatic rings. The van der Waals surface area contributed by atoms with Gasteiger partial charge in [-0.05, 0) is 87.7 Å². The number of sulfonamides is 1. The van der Waals surface area contributed by atoms with Crippen LogP contribution in [-0.4, -0.2) is 75.4 Å². The van der Waals surface area contributed by atoms with Crippen LogP contribution >= 0.6 is 0 Å². The van der Waals surface area contributed by atoms with Crippen LogP contribution in [0.4, 0.5) is 14.9 Å². The van der Waals surface area contributed by atoms with Gasteiger partial charge in [0.05, 0.1) is 18.6 Å². The zero-order chi connectivity index (χ0) is 24.1. The van der Waals surface area contributed by atoms with Crippen molar-refractivity contribution in [2.45, 2.75) is 69.4 Å². The number of carbonyl (C=O) groups excluding carboxylic acids is 1. The number of ether oxygens (including phenoxy) is 1. The number of halogens is 1. The van der Waals surface area contributed by atoms with E-state index in [0.717, 1.165) is 70.1 Å². The fourth-order valence-electron chi connectivity index (χ4n) is 6.89. The summed E-state index contributed by atoms with van der Waals surface area (Å²) in [5.41, 5.74) is 1.13. The minimum Gasteiger partial charge on any atom is -0.449 e. The zero-order valence-corrected chi connectivity index (χ0v) is 21.0. The van der Waals surface area contributed by atoms with Crippen LogP contribution < -0.4 is 4.31 Å². The van der Waals surface area contributed by atoms with Gasteiger partial charge in [0.25, 0.3) is 0 Å². The molecule has 1 saturated carbocycles. The van der Waals surface area contributed by atoms with E-state index in [1.165, 1.54) is 16.6 Å². The number of piperidine rings is 2. The molecule has 1 aliphatic carbocycles. The van der Waals surface area contributed by atoms with Gasteiger partial charge in [-0.2, -0.15) is 0 Å². The number of benzene rings is 1. The van der Waals surface area contributed by atoms with E-state index in [1.54, 1.807) is 12.1 Å². The maximum atomic E-state index is 14.2. The molecule has 7 nitrogen and oxygen atoms in total. The van der Waals surface area contributed by atoms with E-state index in [-0.39, 0.29) is 23.4 Å². The van der Waals surface area contributed by atoms with Crippen molar-refractivity contribution >= 4 is 21.8 Å². The van der Waals surface area contributed by atoms with Gasteiger partial charge in [0, 0.05) is 30.6 Å². The van der Waals surface area contributed by atoms with Crippen molar-refractivity contribution in [2.75, 3.05) is 43.3 Å². The topological polar surface area (TPSA) is 70.2 Å². The van der Waals surface area contributed by atoms with Gasteiger partial charge in [0.2, 0.25) is 10.0 Å². The number of likely N-dealkylation sites (tertiary alicyclic amines) is 2. The minimum atomic E-state index is -3.42. The fourth-order valence-corrected chi connectivity index (χ4v) is 7.89. The van der Waals surface area contributed by atoms with E-state index in [9.17, 15) is 17.6 Å². The van der Waals surface area contributed by atoms with Crippen LogP contribution in [-0.2, 0) is 20.2 Å². The van der Waals surface area contributed by atoms with Gasteiger partial charge in [-0.3, -0.25) is 4.31 Å².